The van der Waals surface area contributed by atoms with Crippen LogP contribution in [0.1, 0.15) is 17.5 Å². The van der Waals surface area contributed by atoms with Crippen LogP contribution in [0.5, 0.6) is 11.5 Å². The van der Waals surface area contributed by atoms with Crippen molar-refractivity contribution in [3.05, 3.63) is 63.6 Å². The summed E-state index contributed by atoms with van der Waals surface area (Å²) in [6.07, 6.45) is 3.20. The molecule has 0 unspecified atom stereocenters. The fourth-order valence-electron chi connectivity index (χ4n) is 2.57. The third kappa shape index (κ3) is 5.87. The maximum absolute atomic E-state index is 12.3. The van der Waals surface area contributed by atoms with E-state index in [1.54, 1.807) is 19.2 Å². The molecule has 1 amide bonds. The molecule has 5 nitrogen and oxygen atoms in total. The van der Waals surface area contributed by atoms with Gasteiger partial charge in [-0.05, 0) is 58.1 Å². The smallest absolute Gasteiger partial charge is 0.261 e. The molecule has 0 saturated carbocycles. The zero-order valence-electron chi connectivity index (χ0n) is 15.3. The van der Waals surface area contributed by atoms with Gasteiger partial charge in [-0.1, -0.05) is 30.3 Å². The number of carbonyl (C=O) groups excluding carboxylic acids is 1. The van der Waals surface area contributed by atoms with Crippen LogP contribution in [0.3, 0.4) is 0 Å². The number of nitrogens with zero attached hydrogens (tertiary/aromatic N) is 1. The van der Waals surface area contributed by atoms with Gasteiger partial charge in [0, 0.05) is 6.54 Å². The topological polar surface area (TPSA) is 71.3 Å². The van der Waals surface area contributed by atoms with Crippen LogP contribution >= 0.6 is 15.9 Å². The zero-order chi connectivity index (χ0) is 19.6. The Morgan fingerprint density at radius 1 is 1.22 bits per heavy atom. The molecule has 0 saturated heterocycles. The lowest BCUT2D eigenvalue weighted by Gasteiger charge is -2.10. The number of rotatable bonds is 8. The first-order valence-electron chi connectivity index (χ1n) is 8.44. The first-order valence-corrected chi connectivity index (χ1v) is 9.23. The number of hydrogen-bond acceptors (Lipinski definition) is 4. The Bertz CT molecular complexity index is 858. The number of nitriles is 1. The Morgan fingerprint density at radius 2 is 1.96 bits per heavy atom. The highest BCUT2D eigenvalue weighted by Gasteiger charge is 2.12. The minimum atomic E-state index is -0.392. The summed E-state index contributed by atoms with van der Waals surface area (Å²) in [6, 6.07) is 15.5. The summed E-state index contributed by atoms with van der Waals surface area (Å²) in [7, 11) is 3.07. The zero-order valence-corrected chi connectivity index (χ0v) is 16.9. The number of methoxy groups -OCH3 is 2. The van der Waals surface area contributed by atoms with Crippen LogP contribution in [0, 0.1) is 11.3 Å². The van der Waals surface area contributed by atoms with Gasteiger partial charge in [-0.25, -0.2) is 0 Å². The van der Waals surface area contributed by atoms with E-state index < -0.39 is 5.91 Å². The molecule has 2 aromatic carbocycles. The lowest BCUT2D eigenvalue weighted by Crippen LogP contribution is -2.25. The number of benzene rings is 2. The molecule has 140 valence electrons. The monoisotopic (exact) mass is 428 g/mol. The van der Waals surface area contributed by atoms with Crippen LogP contribution in [0.4, 0.5) is 0 Å². The van der Waals surface area contributed by atoms with E-state index in [2.05, 4.69) is 33.4 Å². The molecule has 0 aromatic heterocycles. The van der Waals surface area contributed by atoms with E-state index in [4.69, 9.17) is 9.47 Å². The predicted octanol–water partition coefficient (Wildman–Crippen LogP) is 4.12. The van der Waals surface area contributed by atoms with Crippen molar-refractivity contribution in [1.82, 2.24) is 5.32 Å². The van der Waals surface area contributed by atoms with Crippen molar-refractivity contribution in [2.24, 2.45) is 0 Å². The van der Waals surface area contributed by atoms with Gasteiger partial charge in [-0.15, -0.1) is 0 Å². The van der Waals surface area contributed by atoms with Crippen LogP contribution in [0.2, 0.25) is 0 Å². The van der Waals surface area contributed by atoms with Gasteiger partial charge in [0.25, 0.3) is 5.91 Å². The molecule has 0 aliphatic rings. The Kier molecular flexibility index (Phi) is 7.90. The van der Waals surface area contributed by atoms with Crippen molar-refractivity contribution in [1.29, 1.82) is 5.26 Å². The third-order valence-electron chi connectivity index (χ3n) is 3.90. The van der Waals surface area contributed by atoms with Gasteiger partial charge >= 0.3 is 0 Å². The molecule has 1 N–H and O–H groups in total. The van der Waals surface area contributed by atoms with Crippen LogP contribution in [-0.2, 0) is 11.2 Å². The quantitative estimate of drug-likeness (QED) is 0.389. The summed E-state index contributed by atoms with van der Waals surface area (Å²) >= 11 is 3.40. The molecule has 0 aliphatic heterocycles. The minimum Gasteiger partial charge on any atom is -0.493 e. The third-order valence-corrected chi connectivity index (χ3v) is 4.49. The van der Waals surface area contributed by atoms with Crippen molar-refractivity contribution in [3.8, 4) is 17.6 Å². The van der Waals surface area contributed by atoms with E-state index in [9.17, 15) is 10.1 Å². The molecule has 0 atom stereocenters. The molecule has 0 radical (unpaired) electrons. The van der Waals surface area contributed by atoms with Crippen molar-refractivity contribution in [2.75, 3.05) is 20.8 Å². The lowest BCUT2D eigenvalue weighted by molar-refractivity contribution is -0.117. The number of amides is 1. The van der Waals surface area contributed by atoms with Gasteiger partial charge in [0.1, 0.15) is 11.6 Å². The highest BCUT2D eigenvalue weighted by Crippen LogP contribution is 2.36. The molecule has 0 spiro atoms. The van der Waals surface area contributed by atoms with Gasteiger partial charge in [-0.3, -0.25) is 4.79 Å². The summed E-state index contributed by atoms with van der Waals surface area (Å²) in [5.41, 5.74) is 1.92. The van der Waals surface area contributed by atoms with Gasteiger partial charge in [0.05, 0.1) is 18.7 Å². The number of hydrogen-bond donors (Lipinski definition) is 1. The van der Waals surface area contributed by atoms with Crippen LogP contribution in [0.25, 0.3) is 6.08 Å². The fourth-order valence-corrected chi connectivity index (χ4v) is 3.19. The molecular weight excluding hydrogens is 408 g/mol. The normalized spacial score (nSPS) is 10.8. The van der Waals surface area contributed by atoms with E-state index >= 15 is 0 Å². The van der Waals surface area contributed by atoms with Crippen molar-refractivity contribution in [3.63, 3.8) is 0 Å². The van der Waals surface area contributed by atoms with Crippen LogP contribution in [-0.4, -0.2) is 26.7 Å². The summed E-state index contributed by atoms with van der Waals surface area (Å²) in [6.45, 7) is 0.502. The first kappa shape index (κ1) is 20.5. The number of ether oxygens (including phenoxy) is 2. The summed E-state index contributed by atoms with van der Waals surface area (Å²) < 4.78 is 11.2. The Hall–Kier alpha value is -2.78. The van der Waals surface area contributed by atoms with Crippen LogP contribution < -0.4 is 14.8 Å². The van der Waals surface area contributed by atoms with E-state index in [1.165, 1.54) is 18.7 Å². The Balaban J connectivity index is 2.01. The predicted molar refractivity (Wildman–Crippen MR) is 109 cm³/mol. The standard InChI is InChI=1S/C21H21BrN2O3/c1-26-19-13-16(12-18(22)20(19)27-2)11-17(14-23)21(25)24-10-6-9-15-7-4-3-5-8-15/h3-5,7-8,11-13H,6,9-10H2,1-2H3,(H,24,25)/b17-11+. The summed E-state index contributed by atoms with van der Waals surface area (Å²) in [5, 5.41) is 12.1. The van der Waals surface area contributed by atoms with Crippen molar-refractivity contribution >= 4 is 27.9 Å². The van der Waals surface area contributed by atoms with Gasteiger partial charge < -0.3 is 14.8 Å². The molecular formula is C21H21BrN2O3. The van der Waals surface area contributed by atoms with E-state index in [0.29, 0.717) is 28.1 Å². The SMILES string of the molecule is COc1cc(/C=C(\C#N)C(=O)NCCCc2ccccc2)cc(Br)c1OC. The van der Waals surface area contributed by atoms with Gasteiger partial charge in [0.2, 0.25) is 0 Å². The maximum Gasteiger partial charge on any atom is 0.261 e. The average molecular weight is 429 g/mol. The second-order valence-electron chi connectivity index (χ2n) is 5.75. The molecule has 0 fully saturated rings. The van der Waals surface area contributed by atoms with Gasteiger partial charge in [0.15, 0.2) is 11.5 Å². The molecule has 0 heterocycles. The highest BCUT2D eigenvalue weighted by atomic mass is 79.9. The van der Waals surface area contributed by atoms with E-state index in [0.717, 1.165) is 12.8 Å². The van der Waals surface area contributed by atoms with Crippen molar-refractivity contribution in [2.45, 2.75) is 12.8 Å². The van der Waals surface area contributed by atoms with Crippen LogP contribution in [0.15, 0.2) is 52.5 Å². The minimum absolute atomic E-state index is 0.0360. The lowest BCUT2D eigenvalue weighted by atomic mass is 10.1. The maximum atomic E-state index is 12.3. The molecule has 2 aromatic rings. The average Bonchev–Trinajstić information content (AvgIpc) is 2.69. The Morgan fingerprint density at radius 3 is 2.59 bits per heavy atom. The van der Waals surface area contributed by atoms with Gasteiger partial charge in [-0.2, -0.15) is 5.26 Å². The number of nitrogens with one attached hydrogen (secondary N) is 1. The number of aryl methyl sites for hydroxylation is 1. The second kappa shape index (κ2) is 10.4. The molecule has 2 rings (SSSR count). The largest absolute Gasteiger partial charge is 0.493 e. The summed E-state index contributed by atoms with van der Waals surface area (Å²) in [4.78, 5) is 12.3. The second-order valence-corrected chi connectivity index (χ2v) is 6.61. The first-order chi connectivity index (χ1) is 13.1. The fraction of sp³-hybridized carbons (Fsp3) is 0.238. The molecule has 27 heavy (non-hydrogen) atoms. The van der Waals surface area contributed by atoms with Crippen molar-refractivity contribution < 1.29 is 14.3 Å². The molecule has 0 bridgehead atoms. The molecule has 6 heteroatoms. The van der Waals surface area contributed by atoms with E-state index in [-0.39, 0.29) is 5.57 Å². The number of halogens is 1. The van der Waals surface area contributed by atoms with E-state index in [1.807, 2.05) is 24.3 Å². The highest BCUT2D eigenvalue weighted by molar-refractivity contribution is 9.10. The summed E-state index contributed by atoms with van der Waals surface area (Å²) in [5.74, 6) is 0.675. The number of carbonyl (C=O) groups is 1. The molecule has 0 aliphatic carbocycles. The Labute approximate surface area is 167 Å².